The molecule has 1 rings (SSSR count). The van der Waals surface area contributed by atoms with Crippen LogP contribution in [0.4, 0.5) is 0 Å². The number of carbonyl (C=O) groups is 1. The molecule has 0 aromatic heterocycles. The number of nitrogens with zero attached hydrogens (tertiary/aromatic N) is 1. The van der Waals surface area contributed by atoms with Gasteiger partial charge in [-0.25, -0.2) is 0 Å². The zero-order chi connectivity index (χ0) is 9.84. The zero-order valence-corrected chi connectivity index (χ0v) is 7.74. The first-order valence-electron chi connectivity index (χ1n) is 4.15. The van der Waals surface area contributed by atoms with Crippen molar-refractivity contribution in [2.24, 2.45) is 0 Å². The van der Waals surface area contributed by atoms with Crippen LogP contribution in [0.2, 0.25) is 0 Å². The molecule has 0 heterocycles. The molecule has 2 nitrogen and oxygen atoms in total. The van der Waals surface area contributed by atoms with E-state index < -0.39 is 0 Å². The van der Waals surface area contributed by atoms with E-state index in [9.17, 15) is 4.79 Å². The minimum atomic E-state index is -0.131. The Morgan fingerprint density at radius 3 is 2.77 bits per heavy atom. The van der Waals surface area contributed by atoms with Crippen LogP contribution in [0.15, 0.2) is 18.2 Å². The monoisotopic (exact) mass is 173 g/mol. The minimum absolute atomic E-state index is 0.131. The Balaban J connectivity index is 3.25. The van der Waals surface area contributed by atoms with Crippen molar-refractivity contribution >= 4 is 6.29 Å². The summed E-state index contributed by atoms with van der Waals surface area (Å²) in [5.74, 6) is -0.131. The van der Waals surface area contributed by atoms with Crippen LogP contribution in [0.5, 0.6) is 0 Å². The maximum absolute atomic E-state index is 10.6. The Bertz CT molecular complexity index is 363. The first-order valence-corrected chi connectivity index (χ1v) is 4.15. The third-order valence-corrected chi connectivity index (χ3v) is 2.19. The van der Waals surface area contributed by atoms with Crippen LogP contribution in [-0.2, 0) is 4.79 Å². The highest BCUT2D eigenvalue weighted by atomic mass is 16.1. The minimum Gasteiger partial charge on any atom is -0.303 e. The van der Waals surface area contributed by atoms with Gasteiger partial charge in [0.25, 0.3) is 0 Å². The normalized spacial score (nSPS) is 11.8. The Morgan fingerprint density at radius 1 is 1.54 bits per heavy atom. The van der Waals surface area contributed by atoms with Crippen molar-refractivity contribution in [1.29, 1.82) is 5.26 Å². The van der Waals surface area contributed by atoms with E-state index in [-0.39, 0.29) is 5.92 Å². The summed E-state index contributed by atoms with van der Waals surface area (Å²) in [6.45, 7) is 3.70. The summed E-state index contributed by atoms with van der Waals surface area (Å²) in [6, 6.07) is 7.55. The second kappa shape index (κ2) is 3.86. The summed E-state index contributed by atoms with van der Waals surface area (Å²) in [7, 11) is 0. The van der Waals surface area contributed by atoms with Crippen molar-refractivity contribution in [3.8, 4) is 6.07 Å². The molecule has 0 fully saturated rings. The van der Waals surface area contributed by atoms with E-state index in [1.807, 2.05) is 19.9 Å². The molecule has 0 saturated carbocycles. The molecule has 13 heavy (non-hydrogen) atoms. The summed E-state index contributed by atoms with van der Waals surface area (Å²) < 4.78 is 0. The molecule has 2 heteroatoms. The van der Waals surface area contributed by atoms with Gasteiger partial charge >= 0.3 is 0 Å². The molecule has 0 spiro atoms. The van der Waals surface area contributed by atoms with Gasteiger partial charge in [0.1, 0.15) is 6.29 Å². The van der Waals surface area contributed by atoms with Gasteiger partial charge in [-0.1, -0.05) is 19.1 Å². The second-order valence-corrected chi connectivity index (χ2v) is 3.06. The number of aldehydes is 1. The van der Waals surface area contributed by atoms with Crippen molar-refractivity contribution in [3.63, 3.8) is 0 Å². The Labute approximate surface area is 77.8 Å². The van der Waals surface area contributed by atoms with E-state index in [0.717, 1.165) is 17.4 Å². The van der Waals surface area contributed by atoms with Crippen LogP contribution in [0.25, 0.3) is 0 Å². The number of nitriles is 1. The fraction of sp³-hybridized carbons (Fsp3) is 0.273. The Morgan fingerprint density at radius 2 is 2.23 bits per heavy atom. The molecule has 0 bridgehead atoms. The third-order valence-electron chi connectivity index (χ3n) is 2.19. The molecular formula is C11H11NO. The number of hydrogen-bond acceptors (Lipinski definition) is 2. The molecule has 66 valence electrons. The van der Waals surface area contributed by atoms with Gasteiger partial charge in [0.05, 0.1) is 11.6 Å². The van der Waals surface area contributed by atoms with Crippen LogP contribution in [0, 0.1) is 18.3 Å². The lowest BCUT2D eigenvalue weighted by Crippen LogP contribution is -1.99. The van der Waals surface area contributed by atoms with Crippen LogP contribution < -0.4 is 0 Å². The summed E-state index contributed by atoms with van der Waals surface area (Å²) in [4.78, 5) is 10.6. The lowest BCUT2D eigenvalue weighted by atomic mass is 9.94. The molecule has 0 aliphatic carbocycles. The summed E-state index contributed by atoms with van der Waals surface area (Å²) >= 11 is 0. The Hall–Kier alpha value is -1.62. The number of carbonyl (C=O) groups excluding carboxylic acids is 1. The zero-order valence-electron chi connectivity index (χ0n) is 7.74. The third kappa shape index (κ3) is 1.75. The number of rotatable bonds is 2. The van der Waals surface area contributed by atoms with E-state index in [1.165, 1.54) is 0 Å². The van der Waals surface area contributed by atoms with Gasteiger partial charge in [-0.3, -0.25) is 0 Å². The quantitative estimate of drug-likeness (QED) is 0.643. The molecule has 0 N–H and O–H groups in total. The highest BCUT2D eigenvalue weighted by molar-refractivity contribution is 5.63. The number of hydrogen-bond donors (Lipinski definition) is 0. The molecule has 0 radical (unpaired) electrons. The first-order chi connectivity index (χ1) is 6.20. The second-order valence-electron chi connectivity index (χ2n) is 3.06. The van der Waals surface area contributed by atoms with E-state index in [0.29, 0.717) is 5.56 Å². The van der Waals surface area contributed by atoms with Gasteiger partial charge in [0, 0.05) is 5.92 Å². The molecule has 0 amide bonds. The van der Waals surface area contributed by atoms with E-state index in [4.69, 9.17) is 5.26 Å². The standard InChI is InChI=1S/C11H11NO/c1-8(7-13)11-5-3-4-10(6-12)9(11)2/h3-5,7-8H,1-2H3. The van der Waals surface area contributed by atoms with Gasteiger partial charge in [0.15, 0.2) is 0 Å². The summed E-state index contributed by atoms with van der Waals surface area (Å²) in [5, 5.41) is 8.76. The SMILES string of the molecule is Cc1c(C#N)cccc1C(C)C=O. The lowest BCUT2D eigenvalue weighted by Gasteiger charge is -2.08. The molecule has 1 unspecified atom stereocenters. The molecule has 1 atom stereocenters. The summed E-state index contributed by atoms with van der Waals surface area (Å²) in [6.07, 6.45) is 0.892. The van der Waals surface area contributed by atoms with Crippen molar-refractivity contribution in [3.05, 3.63) is 34.9 Å². The van der Waals surface area contributed by atoms with E-state index in [1.54, 1.807) is 12.1 Å². The van der Waals surface area contributed by atoms with Crippen molar-refractivity contribution in [2.45, 2.75) is 19.8 Å². The fourth-order valence-corrected chi connectivity index (χ4v) is 1.34. The predicted molar refractivity (Wildman–Crippen MR) is 50.4 cm³/mol. The first kappa shape index (κ1) is 9.47. The van der Waals surface area contributed by atoms with Crippen LogP contribution in [-0.4, -0.2) is 6.29 Å². The van der Waals surface area contributed by atoms with Gasteiger partial charge in [-0.15, -0.1) is 0 Å². The highest BCUT2D eigenvalue weighted by Gasteiger charge is 2.08. The van der Waals surface area contributed by atoms with Crippen molar-refractivity contribution in [2.75, 3.05) is 0 Å². The number of benzene rings is 1. The van der Waals surface area contributed by atoms with Crippen LogP contribution >= 0.6 is 0 Å². The molecular weight excluding hydrogens is 162 g/mol. The lowest BCUT2D eigenvalue weighted by molar-refractivity contribution is -0.108. The van der Waals surface area contributed by atoms with Gasteiger partial charge in [-0.2, -0.15) is 5.26 Å². The van der Waals surface area contributed by atoms with Crippen molar-refractivity contribution in [1.82, 2.24) is 0 Å². The average molecular weight is 173 g/mol. The average Bonchev–Trinajstić information content (AvgIpc) is 2.17. The highest BCUT2D eigenvalue weighted by Crippen LogP contribution is 2.20. The summed E-state index contributed by atoms with van der Waals surface area (Å²) in [5.41, 5.74) is 2.49. The maximum Gasteiger partial charge on any atom is 0.127 e. The van der Waals surface area contributed by atoms with E-state index >= 15 is 0 Å². The maximum atomic E-state index is 10.6. The van der Waals surface area contributed by atoms with Gasteiger partial charge in [-0.05, 0) is 24.1 Å². The predicted octanol–water partition coefficient (Wildman–Crippen LogP) is 2.17. The van der Waals surface area contributed by atoms with Crippen molar-refractivity contribution < 1.29 is 4.79 Å². The molecule has 0 aliphatic rings. The van der Waals surface area contributed by atoms with Gasteiger partial charge < -0.3 is 4.79 Å². The largest absolute Gasteiger partial charge is 0.303 e. The van der Waals surface area contributed by atoms with Crippen LogP contribution in [0.1, 0.15) is 29.5 Å². The smallest absolute Gasteiger partial charge is 0.127 e. The topological polar surface area (TPSA) is 40.9 Å². The Kier molecular flexibility index (Phi) is 2.81. The molecule has 1 aromatic carbocycles. The molecule has 1 aromatic rings. The van der Waals surface area contributed by atoms with Crippen LogP contribution in [0.3, 0.4) is 0 Å². The van der Waals surface area contributed by atoms with Gasteiger partial charge in [0.2, 0.25) is 0 Å². The fourth-order valence-electron chi connectivity index (χ4n) is 1.34. The van der Waals surface area contributed by atoms with E-state index in [2.05, 4.69) is 6.07 Å². The molecule has 0 aliphatic heterocycles. The molecule has 0 saturated heterocycles.